The number of carbonyl (C=O) groups excluding carboxylic acids is 2. The van der Waals surface area contributed by atoms with Gasteiger partial charge in [0.15, 0.2) is 5.76 Å². The van der Waals surface area contributed by atoms with Gasteiger partial charge in [0.25, 0.3) is 5.91 Å². The van der Waals surface area contributed by atoms with Crippen molar-refractivity contribution in [3.05, 3.63) is 106 Å². The number of halogens is 2. The lowest BCUT2D eigenvalue weighted by atomic mass is 9.79. The molecule has 5 aromatic rings. The van der Waals surface area contributed by atoms with Gasteiger partial charge in [0.2, 0.25) is 11.9 Å². The van der Waals surface area contributed by atoms with Crippen LogP contribution in [0, 0.1) is 5.95 Å². The number of fused-ring (bicyclic) bond motifs is 1. The highest BCUT2D eigenvalue weighted by Gasteiger charge is 2.44. The van der Waals surface area contributed by atoms with E-state index in [-0.39, 0.29) is 29.4 Å². The van der Waals surface area contributed by atoms with E-state index in [0.717, 1.165) is 22.2 Å². The number of hydrogen-bond acceptors (Lipinski definition) is 6. The molecular formula is C29H24BrFN6O3. The first-order valence-electron chi connectivity index (χ1n) is 12.6. The lowest BCUT2D eigenvalue weighted by Crippen LogP contribution is -2.60. The number of hydrogen-bond donors (Lipinski definition) is 1. The quantitative estimate of drug-likeness (QED) is 0.264. The molecule has 0 radical (unpaired) electrons. The summed E-state index contributed by atoms with van der Waals surface area (Å²) in [4.78, 5) is 31.1. The normalized spacial score (nSPS) is 14.2. The minimum Gasteiger partial charge on any atom is -0.451 e. The number of rotatable bonds is 7. The van der Waals surface area contributed by atoms with Crippen molar-refractivity contribution >= 4 is 44.4 Å². The van der Waals surface area contributed by atoms with Crippen LogP contribution in [-0.4, -0.2) is 49.8 Å². The van der Waals surface area contributed by atoms with E-state index in [2.05, 4.69) is 43.5 Å². The predicted molar refractivity (Wildman–Crippen MR) is 149 cm³/mol. The topological polar surface area (TPSA) is 106 Å². The Hall–Kier alpha value is -4.38. The average Bonchev–Trinajstić information content (AvgIpc) is 3.57. The SMILES string of the molecule is CC1(c2cn(Cc3ccc(F)nc3Br)nn2)CN(C(=O)Cc2ccc(NC(=O)c3cc4ccccc4o3)cc2)C1. The maximum atomic E-state index is 13.3. The Kier molecular flexibility index (Phi) is 6.67. The molecule has 0 spiro atoms. The molecule has 4 heterocycles. The molecule has 3 aromatic heterocycles. The van der Waals surface area contributed by atoms with Gasteiger partial charge >= 0.3 is 0 Å². The van der Waals surface area contributed by atoms with Crippen LogP contribution in [0.2, 0.25) is 0 Å². The second kappa shape index (κ2) is 10.3. The minimum atomic E-state index is -0.553. The summed E-state index contributed by atoms with van der Waals surface area (Å²) in [5.41, 5.74) is 3.41. The van der Waals surface area contributed by atoms with Gasteiger partial charge in [0.05, 0.1) is 18.7 Å². The Morgan fingerprint density at radius 2 is 1.88 bits per heavy atom. The first-order chi connectivity index (χ1) is 19.3. The van der Waals surface area contributed by atoms with Crippen LogP contribution < -0.4 is 5.32 Å². The number of amides is 2. The third-order valence-electron chi connectivity index (χ3n) is 7.03. The average molecular weight is 603 g/mol. The predicted octanol–water partition coefficient (Wildman–Crippen LogP) is 4.96. The fourth-order valence-corrected chi connectivity index (χ4v) is 5.23. The standard InChI is InChI=1S/C29H24BrFN6O3/c1-29(24-15-37(35-34-24)14-20-8-11-25(31)33-27(20)30)16-36(17-29)26(38)12-18-6-9-21(10-7-18)32-28(39)23-13-19-4-2-3-5-22(19)40-23/h2-11,13,15H,12,14,16-17H2,1H3,(H,32,39). The van der Waals surface area contributed by atoms with Crippen molar-refractivity contribution in [2.75, 3.05) is 18.4 Å². The van der Waals surface area contributed by atoms with E-state index in [1.54, 1.807) is 33.8 Å². The Labute approximate surface area is 237 Å². The highest BCUT2D eigenvalue weighted by atomic mass is 79.9. The van der Waals surface area contributed by atoms with Crippen LogP contribution in [0.15, 0.2) is 81.9 Å². The van der Waals surface area contributed by atoms with E-state index in [0.29, 0.717) is 35.5 Å². The third-order valence-corrected chi connectivity index (χ3v) is 7.72. The van der Waals surface area contributed by atoms with Crippen LogP contribution in [0.5, 0.6) is 0 Å². The van der Waals surface area contributed by atoms with Gasteiger partial charge in [0.1, 0.15) is 10.2 Å². The zero-order chi connectivity index (χ0) is 27.9. The first-order valence-corrected chi connectivity index (χ1v) is 13.4. The number of aromatic nitrogens is 4. The molecule has 0 unspecified atom stereocenters. The maximum Gasteiger partial charge on any atom is 0.291 e. The van der Waals surface area contributed by atoms with E-state index in [1.165, 1.54) is 6.07 Å². The fraction of sp³-hybridized carbons (Fsp3) is 0.207. The summed E-state index contributed by atoms with van der Waals surface area (Å²) in [6.45, 7) is 3.53. The van der Waals surface area contributed by atoms with Gasteiger partial charge in [-0.15, -0.1) is 5.10 Å². The van der Waals surface area contributed by atoms with Gasteiger partial charge in [-0.3, -0.25) is 9.59 Å². The van der Waals surface area contributed by atoms with Crippen LogP contribution in [-0.2, 0) is 23.2 Å². The molecule has 40 heavy (non-hydrogen) atoms. The molecule has 0 atom stereocenters. The van der Waals surface area contributed by atoms with Crippen molar-refractivity contribution < 1.29 is 18.4 Å². The Morgan fingerprint density at radius 3 is 2.62 bits per heavy atom. The molecule has 1 aliphatic heterocycles. The fourth-order valence-electron chi connectivity index (χ4n) is 4.80. The molecule has 0 bridgehead atoms. The summed E-state index contributed by atoms with van der Waals surface area (Å²) < 4.78 is 21.0. The van der Waals surface area contributed by atoms with E-state index < -0.39 is 5.95 Å². The number of benzene rings is 2. The molecule has 11 heteroatoms. The van der Waals surface area contributed by atoms with E-state index in [4.69, 9.17) is 4.42 Å². The molecule has 2 aromatic carbocycles. The maximum absolute atomic E-state index is 13.3. The zero-order valence-electron chi connectivity index (χ0n) is 21.5. The number of para-hydroxylation sites is 1. The molecule has 202 valence electrons. The van der Waals surface area contributed by atoms with Crippen molar-refractivity contribution in [1.29, 1.82) is 0 Å². The molecule has 0 saturated carbocycles. The van der Waals surface area contributed by atoms with Gasteiger partial charge < -0.3 is 14.6 Å². The summed E-state index contributed by atoms with van der Waals surface area (Å²) in [6.07, 6.45) is 2.11. The number of nitrogens with zero attached hydrogens (tertiary/aromatic N) is 5. The van der Waals surface area contributed by atoms with Crippen LogP contribution in [0.25, 0.3) is 11.0 Å². The highest BCUT2D eigenvalue weighted by Crippen LogP contribution is 2.33. The number of nitrogens with one attached hydrogen (secondary N) is 1. The summed E-state index contributed by atoms with van der Waals surface area (Å²) in [7, 11) is 0. The Bertz CT molecular complexity index is 1690. The molecule has 0 aliphatic carbocycles. The number of carbonyl (C=O) groups is 2. The lowest BCUT2D eigenvalue weighted by molar-refractivity contribution is -0.137. The van der Waals surface area contributed by atoms with Crippen molar-refractivity contribution in [3.8, 4) is 0 Å². The first kappa shape index (κ1) is 25.9. The number of furan rings is 1. The van der Waals surface area contributed by atoms with Crippen molar-refractivity contribution in [1.82, 2.24) is 24.9 Å². The van der Waals surface area contributed by atoms with Crippen LogP contribution in [0.1, 0.15) is 34.3 Å². The summed E-state index contributed by atoms with van der Waals surface area (Å²) in [6, 6.07) is 19.3. The van der Waals surface area contributed by atoms with Gasteiger partial charge in [-0.1, -0.05) is 42.5 Å². The molecule has 1 saturated heterocycles. The molecular weight excluding hydrogens is 579 g/mol. The number of pyridine rings is 1. The zero-order valence-corrected chi connectivity index (χ0v) is 23.1. The Morgan fingerprint density at radius 1 is 1.10 bits per heavy atom. The summed E-state index contributed by atoms with van der Waals surface area (Å²) in [5.74, 6) is -0.631. The number of likely N-dealkylation sites (tertiary alicyclic amines) is 1. The summed E-state index contributed by atoms with van der Waals surface area (Å²) >= 11 is 3.28. The number of anilines is 1. The van der Waals surface area contributed by atoms with Crippen LogP contribution >= 0.6 is 15.9 Å². The minimum absolute atomic E-state index is 0.0187. The van der Waals surface area contributed by atoms with Crippen molar-refractivity contribution in [3.63, 3.8) is 0 Å². The van der Waals surface area contributed by atoms with Crippen LogP contribution in [0.4, 0.5) is 10.1 Å². The van der Waals surface area contributed by atoms with E-state index >= 15 is 0 Å². The largest absolute Gasteiger partial charge is 0.451 e. The lowest BCUT2D eigenvalue weighted by Gasteiger charge is -2.46. The molecule has 2 amide bonds. The van der Waals surface area contributed by atoms with Gasteiger partial charge in [-0.25, -0.2) is 9.67 Å². The molecule has 6 rings (SSSR count). The monoisotopic (exact) mass is 602 g/mol. The highest BCUT2D eigenvalue weighted by molar-refractivity contribution is 9.10. The second-order valence-electron chi connectivity index (χ2n) is 10.2. The third kappa shape index (κ3) is 5.24. The summed E-state index contributed by atoms with van der Waals surface area (Å²) in [5, 5.41) is 12.2. The smallest absolute Gasteiger partial charge is 0.291 e. The van der Waals surface area contributed by atoms with Gasteiger partial charge in [0, 0.05) is 41.3 Å². The van der Waals surface area contributed by atoms with E-state index in [9.17, 15) is 14.0 Å². The van der Waals surface area contributed by atoms with E-state index in [1.807, 2.05) is 42.6 Å². The van der Waals surface area contributed by atoms with Crippen molar-refractivity contribution in [2.45, 2.75) is 25.3 Å². The Balaban J connectivity index is 1.02. The molecule has 1 aliphatic rings. The molecule has 9 nitrogen and oxygen atoms in total. The van der Waals surface area contributed by atoms with Gasteiger partial charge in [-0.2, -0.15) is 4.39 Å². The van der Waals surface area contributed by atoms with Crippen LogP contribution in [0.3, 0.4) is 0 Å². The molecule has 1 fully saturated rings. The second-order valence-corrected chi connectivity index (χ2v) is 10.9. The van der Waals surface area contributed by atoms with Gasteiger partial charge in [-0.05, 0) is 57.9 Å². The van der Waals surface area contributed by atoms with Crippen molar-refractivity contribution in [2.24, 2.45) is 0 Å². The molecule has 1 N–H and O–H groups in total.